The monoisotopic (exact) mass is 304 g/mol. The number of likely N-dealkylation sites (tertiary alicyclic amines) is 1. The summed E-state index contributed by atoms with van der Waals surface area (Å²) in [5, 5.41) is 8.72. The molecule has 0 aliphatic carbocycles. The average Bonchev–Trinajstić information content (AvgIpc) is 2.94. The summed E-state index contributed by atoms with van der Waals surface area (Å²) in [4.78, 5) is 24.3. The van der Waals surface area contributed by atoms with Gasteiger partial charge in [0.25, 0.3) is 5.91 Å². The number of aromatic nitrogens is 1. The van der Waals surface area contributed by atoms with E-state index in [-0.39, 0.29) is 24.6 Å². The standard InChI is InChI=1S/C13H15F3N2O3/c14-13(15,16)8-18-4-1-2-10(18)12(21)17-5-3-9(7-17)6-11(19)20/h1-2,4,9H,3,5-8H2,(H,19,20). The number of hydrogen-bond donors (Lipinski definition) is 1. The van der Waals surface area contributed by atoms with Crippen LogP contribution in [0.25, 0.3) is 0 Å². The molecular weight excluding hydrogens is 289 g/mol. The second-order valence-corrected chi connectivity index (χ2v) is 5.14. The van der Waals surface area contributed by atoms with Gasteiger partial charge in [-0.15, -0.1) is 0 Å². The molecule has 1 aromatic heterocycles. The summed E-state index contributed by atoms with van der Waals surface area (Å²) >= 11 is 0. The Kier molecular flexibility index (Phi) is 4.24. The summed E-state index contributed by atoms with van der Waals surface area (Å²) in [5.41, 5.74) is -0.0247. The fraction of sp³-hybridized carbons (Fsp3) is 0.538. The zero-order valence-corrected chi connectivity index (χ0v) is 11.1. The second-order valence-electron chi connectivity index (χ2n) is 5.14. The van der Waals surface area contributed by atoms with Gasteiger partial charge in [-0.1, -0.05) is 0 Å². The number of rotatable bonds is 4. The fourth-order valence-electron chi connectivity index (χ4n) is 2.53. The van der Waals surface area contributed by atoms with Crippen LogP contribution >= 0.6 is 0 Å². The highest BCUT2D eigenvalue weighted by molar-refractivity contribution is 5.93. The molecule has 5 nitrogen and oxygen atoms in total. The maximum atomic E-state index is 12.4. The molecule has 0 bridgehead atoms. The molecule has 2 rings (SSSR count). The van der Waals surface area contributed by atoms with Gasteiger partial charge in [-0.3, -0.25) is 9.59 Å². The molecule has 1 aliphatic heterocycles. The molecular formula is C13H15F3N2O3. The Balaban J connectivity index is 2.05. The summed E-state index contributed by atoms with van der Waals surface area (Å²) in [6.07, 6.45) is -2.66. The van der Waals surface area contributed by atoms with Crippen LogP contribution in [0, 0.1) is 5.92 Å². The molecule has 2 heterocycles. The Hall–Kier alpha value is -1.99. The zero-order chi connectivity index (χ0) is 15.6. The molecule has 1 aliphatic rings. The number of hydrogen-bond acceptors (Lipinski definition) is 2. The van der Waals surface area contributed by atoms with E-state index in [9.17, 15) is 22.8 Å². The highest BCUT2D eigenvalue weighted by Crippen LogP contribution is 2.23. The molecule has 1 saturated heterocycles. The number of amides is 1. The number of aliphatic carboxylic acids is 1. The number of carbonyl (C=O) groups excluding carboxylic acids is 1. The number of carbonyl (C=O) groups is 2. The number of alkyl halides is 3. The van der Waals surface area contributed by atoms with E-state index in [4.69, 9.17) is 5.11 Å². The van der Waals surface area contributed by atoms with Crippen molar-refractivity contribution in [2.24, 2.45) is 5.92 Å². The van der Waals surface area contributed by atoms with Gasteiger partial charge in [0.2, 0.25) is 0 Å². The molecule has 1 amide bonds. The average molecular weight is 304 g/mol. The van der Waals surface area contributed by atoms with E-state index in [1.165, 1.54) is 23.2 Å². The highest BCUT2D eigenvalue weighted by Gasteiger charge is 2.32. The predicted octanol–water partition coefficient (Wildman–Crippen LogP) is 1.99. The molecule has 1 atom stereocenters. The van der Waals surface area contributed by atoms with E-state index in [1.807, 2.05) is 0 Å². The zero-order valence-electron chi connectivity index (χ0n) is 11.1. The van der Waals surface area contributed by atoms with Gasteiger partial charge >= 0.3 is 12.1 Å². The van der Waals surface area contributed by atoms with Crippen LogP contribution in [0.1, 0.15) is 23.3 Å². The van der Waals surface area contributed by atoms with Crippen LogP contribution in [0.5, 0.6) is 0 Å². The van der Waals surface area contributed by atoms with Gasteiger partial charge in [-0.05, 0) is 24.5 Å². The van der Waals surface area contributed by atoms with Crippen molar-refractivity contribution in [2.45, 2.75) is 25.6 Å². The quantitative estimate of drug-likeness (QED) is 0.925. The van der Waals surface area contributed by atoms with Crippen molar-refractivity contribution in [3.8, 4) is 0 Å². The molecule has 0 radical (unpaired) electrons. The van der Waals surface area contributed by atoms with Gasteiger partial charge < -0.3 is 14.6 Å². The minimum absolute atomic E-state index is 0.0247. The number of nitrogens with zero attached hydrogens (tertiary/aromatic N) is 2. The smallest absolute Gasteiger partial charge is 0.406 e. The van der Waals surface area contributed by atoms with E-state index in [0.29, 0.717) is 13.0 Å². The third-order valence-electron chi connectivity index (χ3n) is 3.43. The maximum Gasteiger partial charge on any atom is 0.406 e. The molecule has 116 valence electrons. The van der Waals surface area contributed by atoms with E-state index in [0.717, 1.165) is 4.57 Å². The normalized spacial score (nSPS) is 19.0. The third kappa shape index (κ3) is 3.99. The molecule has 0 aromatic carbocycles. The lowest BCUT2D eigenvalue weighted by Gasteiger charge is -2.18. The first-order valence-corrected chi connectivity index (χ1v) is 6.49. The summed E-state index contributed by atoms with van der Waals surface area (Å²) in [7, 11) is 0. The lowest BCUT2D eigenvalue weighted by atomic mass is 10.1. The molecule has 0 spiro atoms. The number of halogens is 3. The molecule has 1 fully saturated rings. The van der Waals surface area contributed by atoms with Gasteiger partial charge in [-0.25, -0.2) is 0 Å². The third-order valence-corrected chi connectivity index (χ3v) is 3.43. The van der Waals surface area contributed by atoms with Gasteiger partial charge in [0, 0.05) is 25.7 Å². The maximum absolute atomic E-state index is 12.4. The fourth-order valence-corrected chi connectivity index (χ4v) is 2.53. The summed E-state index contributed by atoms with van der Waals surface area (Å²) in [5.74, 6) is -1.57. The van der Waals surface area contributed by atoms with Crippen molar-refractivity contribution in [1.82, 2.24) is 9.47 Å². The molecule has 1 aromatic rings. The molecule has 1 unspecified atom stereocenters. The lowest BCUT2D eigenvalue weighted by molar-refractivity contribution is -0.141. The van der Waals surface area contributed by atoms with Gasteiger partial charge in [0.1, 0.15) is 12.2 Å². The van der Waals surface area contributed by atoms with Crippen molar-refractivity contribution < 1.29 is 27.9 Å². The first kappa shape index (κ1) is 15.4. The Morgan fingerprint density at radius 2 is 2.10 bits per heavy atom. The van der Waals surface area contributed by atoms with Crippen LogP contribution in [0.2, 0.25) is 0 Å². The first-order valence-electron chi connectivity index (χ1n) is 6.49. The Labute approximate surface area is 119 Å². The molecule has 8 heteroatoms. The van der Waals surface area contributed by atoms with Gasteiger partial charge in [0.15, 0.2) is 0 Å². The van der Waals surface area contributed by atoms with E-state index in [1.54, 1.807) is 0 Å². The second kappa shape index (κ2) is 5.79. The van der Waals surface area contributed by atoms with Crippen LogP contribution in [0.3, 0.4) is 0 Å². The summed E-state index contributed by atoms with van der Waals surface area (Å²) < 4.78 is 38.2. The minimum atomic E-state index is -4.40. The Morgan fingerprint density at radius 3 is 2.71 bits per heavy atom. The topological polar surface area (TPSA) is 62.5 Å². The summed E-state index contributed by atoms with van der Waals surface area (Å²) in [6, 6.07) is 2.74. The Morgan fingerprint density at radius 1 is 1.38 bits per heavy atom. The molecule has 21 heavy (non-hydrogen) atoms. The van der Waals surface area contributed by atoms with Crippen LogP contribution in [-0.4, -0.2) is 45.7 Å². The van der Waals surface area contributed by atoms with Crippen molar-refractivity contribution in [3.63, 3.8) is 0 Å². The largest absolute Gasteiger partial charge is 0.481 e. The van der Waals surface area contributed by atoms with Crippen molar-refractivity contribution in [3.05, 3.63) is 24.0 Å². The highest BCUT2D eigenvalue weighted by atomic mass is 19.4. The van der Waals surface area contributed by atoms with Crippen LogP contribution in [-0.2, 0) is 11.3 Å². The minimum Gasteiger partial charge on any atom is -0.481 e. The van der Waals surface area contributed by atoms with Crippen LogP contribution < -0.4 is 0 Å². The number of carboxylic acid groups (broad SMARTS) is 1. The van der Waals surface area contributed by atoms with E-state index >= 15 is 0 Å². The SMILES string of the molecule is O=C(O)CC1CCN(C(=O)c2cccn2CC(F)(F)F)C1. The predicted molar refractivity (Wildman–Crippen MR) is 66.8 cm³/mol. The van der Waals surface area contributed by atoms with Crippen molar-refractivity contribution >= 4 is 11.9 Å². The van der Waals surface area contributed by atoms with Crippen LogP contribution in [0.15, 0.2) is 18.3 Å². The first-order chi connectivity index (χ1) is 9.76. The number of carboxylic acids is 1. The lowest BCUT2D eigenvalue weighted by Crippen LogP contribution is -2.32. The van der Waals surface area contributed by atoms with Gasteiger partial charge in [0.05, 0.1) is 0 Å². The summed E-state index contributed by atoms with van der Waals surface area (Å²) in [6.45, 7) is -0.580. The van der Waals surface area contributed by atoms with Crippen molar-refractivity contribution in [2.75, 3.05) is 13.1 Å². The molecule has 0 saturated carbocycles. The van der Waals surface area contributed by atoms with E-state index < -0.39 is 24.6 Å². The van der Waals surface area contributed by atoms with Crippen molar-refractivity contribution in [1.29, 1.82) is 0 Å². The van der Waals surface area contributed by atoms with E-state index in [2.05, 4.69) is 0 Å². The molecule has 1 N–H and O–H groups in total. The Bertz CT molecular complexity index is 539. The van der Waals surface area contributed by atoms with Gasteiger partial charge in [-0.2, -0.15) is 13.2 Å². The van der Waals surface area contributed by atoms with Crippen LogP contribution in [0.4, 0.5) is 13.2 Å².